The highest BCUT2D eigenvalue weighted by atomic mass is 16.1. The molecule has 0 amide bonds. The van der Waals surface area contributed by atoms with Gasteiger partial charge in [-0.3, -0.25) is 9.89 Å². The molecular weight excluding hydrogens is 190 g/mol. The molecule has 0 saturated heterocycles. The van der Waals surface area contributed by atoms with Crippen molar-refractivity contribution in [3.05, 3.63) is 47.5 Å². The lowest BCUT2D eigenvalue weighted by Crippen LogP contribution is -2.06. The number of H-pyrrole nitrogens is 1. The standard InChI is InChI=1S/C11H11N3O/c1-8-4-2-3-5-9(8)6-10(15)11-12-7-13-14-11/h2-5,7H,6H2,1H3,(H,12,13,14). The molecule has 0 aliphatic rings. The number of carbonyl (C=O) groups is 1. The van der Waals surface area contributed by atoms with Crippen LogP contribution in [-0.4, -0.2) is 21.0 Å². The molecule has 0 saturated carbocycles. The Morgan fingerprint density at radius 1 is 1.40 bits per heavy atom. The molecule has 76 valence electrons. The van der Waals surface area contributed by atoms with Crippen LogP contribution in [0.25, 0.3) is 0 Å². The third-order valence-electron chi connectivity index (χ3n) is 2.29. The minimum Gasteiger partial charge on any atom is -0.290 e. The fourth-order valence-corrected chi connectivity index (χ4v) is 1.40. The highest BCUT2D eigenvalue weighted by Crippen LogP contribution is 2.09. The van der Waals surface area contributed by atoms with Gasteiger partial charge in [0, 0.05) is 6.42 Å². The zero-order valence-electron chi connectivity index (χ0n) is 8.40. The maximum Gasteiger partial charge on any atom is 0.203 e. The van der Waals surface area contributed by atoms with E-state index in [0.29, 0.717) is 12.2 Å². The number of hydrogen-bond donors (Lipinski definition) is 1. The number of rotatable bonds is 3. The van der Waals surface area contributed by atoms with Crippen molar-refractivity contribution in [3.8, 4) is 0 Å². The van der Waals surface area contributed by atoms with E-state index in [1.807, 2.05) is 31.2 Å². The van der Waals surface area contributed by atoms with Gasteiger partial charge in [-0.15, -0.1) is 0 Å². The number of ketones is 1. The minimum absolute atomic E-state index is 0.0400. The fourth-order valence-electron chi connectivity index (χ4n) is 1.40. The summed E-state index contributed by atoms with van der Waals surface area (Å²) in [6.45, 7) is 1.99. The molecule has 15 heavy (non-hydrogen) atoms. The molecule has 0 spiro atoms. The third-order valence-corrected chi connectivity index (χ3v) is 2.29. The second-order valence-corrected chi connectivity index (χ2v) is 3.36. The lowest BCUT2D eigenvalue weighted by molar-refractivity contribution is 0.0983. The zero-order chi connectivity index (χ0) is 10.7. The smallest absolute Gasteiger partial charge is 0.203 e. The molecule has 1 N–H and O–H groups in total. The summed E-state index contributed by atoms with van der Waals surface area (Å²) < 4.78 is 0. The predicted molar refractivity (Wildman–Crippen MR) is 55.6 cm³/mol. The molecule has 0 atom stereocenters. The van der Waals surface area contributed by atoms with Gasteiger partial charge < -0.3 is 0 Å². The van der Waals surface area contributed by atoms with E-state index < -0.39 is 0 Å². The van der Waals surface area contributed by atoms with Gasteiger partial charge in [0.15, 0.2) is 5.82 Å². The molecule has 0 unspecified atom stereocenters. The number of Topliss-reactive ketones (excluding diaryl/α,β-unsaturated/α-hetero) is 1. The minimum atomic E-state index is -0.0400. The fraction of sp³-hybridized carbons (Fsp3) is 0.182. The van der Waals surface area contributed by atoms with Crippen LogP contribution in [0.4, 0.5) is 0 Å². The van der Waals surface area contributed by atoms with Crippen LogP contribution in [0.3, 0.4) is 0 Å². The number of nitrogens with zero attached hydrogens (tertiary/aromatic N) is 2. The SMILES string of the molecule is Cc1ccccc1CC(=O)c1ncn[nH]1. The van der Waals surface area contributed by atoms with Crippen LogP contribution in [0, 0.1) is 6.92 Å². The Hall–Kier alpha value is -1.97. The van der Waals surface area contributed by atoms with Crippen molar-refractivity contribution in [1.82, 2.24) is 15.2 Å². The number of aromatic amines is 1. The first-order valence-corrected chi connectivity index (χ1v) is 4.70. The Bertz CT molecular complexity index is 462. The van der Waals surface area contributed by atoms with E-state index in [1.54, 1.807) is 0 Å². The lowest BCUT2D eigenvalue weighted by Gasteiger charge is -2.02. The van der Waals surface area contributed by atoms with Gasteiger partial charge in [-0.05, 0) is 18.1 Å². The van der Waals surface area contributed by atoms with Crippen molar-refractivity contribution in [2.45, 2.75) is 13.3 Å². The molecule has 2 rings (SSSR count). The number of carbonyl (C=O) groups excluding carboxylic acids is 1. The van der Waals surface area contributed by atoms with E-state index in [9.17, 15) is 4.79 Å². The van der Waals surface area contributed by atoms with Crippen LogP contribution in [0.15, 0.2) is 30.6 Å². The van der Waals surface area contributed by atoms with Crippen molar-refractivity contribution in [3.63, 3.8) is 0 Å². The molecular formula is C11H11N3O. The third kappa shape index (κ3) is 2.10. The van der Waals surface area contributed by atoms with Crippen LogP contribution in [0.1, 0.15) is 21.7 Å². The molecule has 4 nitrogen and oxygen atoms in total. The monoisotopic (exact) mass is 201 g/mol. The molecule has 2 aromatic rings. The molecule has 1 aromatic carbocycles. The first kappa shape index (κ1) is 9.58. The Kier molecular flexibility index (Phi) is 2.58. The Labute approximate surface area is 87.4 Å². The molecule has 1 aromatic heterocycles. The highest BCUT2D eigenvalue weighted by molar-refractivity contribution is 5.94. The first-order chi connectivity index (χ1) is 7.27. The molecule has 1 heterocycles. The van der Waals surface area contributed by atoms with Crippen molar-refractivity contribution in [2.24, 2.45) is 0 Å². The maximum absolute atomic E-state index is 11.7. The maximum atomic E-state index is 11.7. The van der Waals surface area contributed by atoms with E-state index in [1.165, 1.54) is 6.33 Å². The molecule has 4 heteroatoms. The second kappa shape index (κ2) is 4.04. The van der Waals surface area contributed by atoms with Crippen molar-refractivity contribution >= 4 is 5.78 Å². The van der Waals surface area contributed by atoms with E-state index in [2.05, 4.69) is 15.2 Å². The van der Waals surface area contributed by atoms with Gasteiger partial charge in [-0.2, -0.15) is 5.10 Å². The van der Waals surface area contributed by atoms with Crippen LogP contribution < -0.4 is 0 Å². The van der Waals surface area contributed by atoms with E-state index in [0.717, 1.165) is 11.1 Å². The quantitative estimate of drug-likeness (QED) is 0.766. The van der Waals surface area contributed by atoms with Gasteiger partial charge >= 0.3 is 0 Å². The van der Waals surface area contributed by atoms with Crippen LogP contribution in [0.5, 0.6) is 0 Å². The van der Waals surface area contributed by atoms with Gasteiger partial charge in [0.05, 0.1) is 0 Å². The largest absolute Gasteiger partial charge is 0.290 e. The molecule has 0 aliphatic carbocycles. The van der Waals surface area contributed by atoms with Crippen molar-refractivity contribution < 1.29 is 4.79 Å². The topological polar surface area (TPSA) is 58.6 Å². The molecule has 0 bridgehead atoms. The van der Waals surface area contributed by atoms with E-state index >= 15 is 0 Å². The van der Waals surface area contributed by atoms with Crippen LogP contribution >= 0.6 is 0 Å². The van der Waals surface area contributed by atoms with Gasteiger partial charge in [0.25, 0.3) is 0 Å². The zero-order valence-corrected chi connectivity index (χ0v) is 8.40. The first-order valence-electron chi connectivity index (χ1n) is 4.70. The van der Waals surface area contributed by atoms with E-state index in [-0.39, 0.29) is 5.78 Å². The summed E-state index contributed by atoms with van der Waals surface area (Å²) in [5, 5.41) is 6.22. The van der Waals surface area contributed by atoms with Gasteiger partial charge in [-0.1, -0.05) is 24.3 Å². The average Bonchev–Trinajstić information content (AvgIpc) is 2.74. The second-order valence-electron chi connectivity index (χ2n) is 3.36. The lowest BCUT2D eigenvalue weighted by atomic mass is 10.0. The number of benzene rings is 1. The Balaban J connectivity index is 2.17. The summed E-state index contributed by atoms with van der Waals surface area (Å²) in [7, 11) is 0. The van der Waals surface area contributed by atoms with Gasteiger partial charge in [0.2, 0.25) is 5.78 Å². The molecule has 0 aliphatic heterocycles. The number of nitrogens with one attached hydrogen (secondary N) is 1. The Morgan fingerprint density at radius 2 is 2.20 bits per heavy atom. The predicted octanol–water partition coefficient (Wildman–Crippen LogP) is 1.54. The summed E-state index contributed by atoms with van der Waals surface area (Å²) in [5.41, 5.74) is 2.14. The van der Waals surface area contributed by atoms with Crippen LogP contribution in [0.2, 0.25) is 0 Å². The highest BCUT2D eigenvalue weighted by Gasteiger charge is 2.10. The molecule has 0 radical (unpaired) electrons. The summed E-state index contributed by atoms with van der Waals surface area (Å²) in [5.74, 6) is 0.278. The average molecular weight is 201 g/mol. The number of aryl methyl sites for hydroxylation is 1. The molecule has 0 fully saturated rings. The summed E-state index contributed by atoms with van der Waals surface area (Å²) in [6.07, 6.45) is 1.70. The van der Waals surface area contributed by atoms with Gasteiger partial charge in [0.1, 0.15) is 6.33 Å². The number of aromatic nitrogens is 3. The van der Waals surface area contributed by atoms with Crippen molar-refractivity contribution in [2.75, 3.05) is 0 Å². The summed E-state index contributed by atoms with van der Waals surface area (Å²) in [6, 6.07) is 7.82. The van der Waals surface area contributed by atoms with Crippen LogP contribution in [-0.2, 0) is 6.42 Å². The summed E-state index contributed by atoms with van der Waals surface area (Å²) in [4.78, 5) is 15.5. The van der Waals surface area contributed by atoms with Gasteiger partial charge in [-0.25, -0.2) is 4.98 Å². The van der Waals surface area contributed by atoms with E-state index in [4.69, 9.17) is 0 Å². The van der Waals surface area contributed by atoms with Crippen molar-refractivity contribution in [1.29, 1.82) is 0 Å². The Morgan fingerprint density at radius 3 is 2.87 bits per heavy atom. The summed E-state index contributed by atoms with van der Waals surface area (Å²) >= 11 is 0. The number of hydrogen-bond acceptors (Lipinski definition) is 3. The normalized spacial score (nSPS) is 10.2.